The molecule has 0 radical (unpaired) electrons. The van der Waals surface area contributed by atoms with Gasteiger partial charge in [-0.15, -0.1) is 0 Å². The van der Waals surface area contributed by atoms with Gasteiger partial charge in [0, 0.05) is 38.3 Å². The van der Waals surface area contributed by atoms with Crippen LogP contribution in [0.5, 0.6) is 0 Å². The maximum Gasteiger partial charge on any atom is 0.0588 e. The molecule has 2 aliphatic heterocycles. The second-order valence-electron chi connectivity index (χ2n) is 6.35. The third-order valence-corrected chi connectivity index (χ3v) is 4.97. The van der Waals surface area contributed by atoms with Crippen LogP contribution in [0.25, 0.3) is 0 Å². The molecule has 3 nitrogen and oxygen atoms in total. The minimum absolute atomic E-state index is 0.471. The first-order valence-corrected chi connectivity index (χ1v) is 8.50. The maximum atomic E-state index is 5.78. The molecule has 0 aromatic heterocycles. The number of hydrogen-bond acceptors (Lipinski definition) is 3. The Hall–Kier alpha value is -0.900. The highest BCUT2D eigenvalue weighted by atomic mass is 16.5. The Morgan fingerprint density at radius 3 is 2.86 bits per heavy atom. The fraction of sp³-hybridized carbons (Fsp3) is 0.667. The van der Waals surface area contributed by atoms with E-state index in [9.17, 15) is 0 Å². The monoisotopic (exact) mass is 288 g/mol. The van der Waals surface area contributed by atoms with Crippen molar-refractivity contribution in [2.45, 2.75) is 50.8 Å². The minimum Gasteiger partial charge on any atom is -0.378 e. The lowest BCUT2D eigenvalue weighted by atomic mass is 10.00. The fourth-order valence-electron chi connectivity index (χ4n) is 3.62. The van der Waals surface area contributed by atoms with E-state index in [4.69, 9.17) is 4.74 Å². The molecule has 1 N–H and O–H groups in total. The predicted molar refractivity (Wildman–Crippen MR) is 86.4 cm³/mol. The molecule has 3 heteroatoms. The van der Waals surface area contributed by atoms with Crippen LogP contribution >= 0.6 is 0 Å². The van der Waals surface area contributed by atoms with Crippen LogP contribution in [0.2, 0.25) is 0 Å². The van der Waals surface area contributed by atoms with Crippen molar-refractivity contribution in [1.29, 1.82) is 0 Å². The van der Waals surface area contributed by atoms with Crippen LogP contribution in [0.3, 0.4) is 0 Å². The number of nitrogens with one attached hydrogen (secondary N) is 1. The molecule has 21 heavy (non-hydrogen) atoms. The molecule has 2 fully saturated rings. The van der Waals surface area contributed by atoms with Crippen molar-refractivity contribution >= 4 is 0 Å². The molecule has 2 heterocycles. The molecule has 0 amide bonds. The molecule has 0 spiro atoms. The van der Waals surface area contributed by atoms with E-state index in [0.29, 0.717) is 18.2 Å². The van der Waals surface area contributed by atoms with Gasteiger partial charge in [0.2, 0.25) is 0 Å². The zero-order valence-corrected chi connectivity index (χ0v) is 13.1. The van der Waals surface area contributed by atoms with Crippen LogP contribution in [0.15, 0.2) is 30.3 Å². The van der Waals surface area contributed by atoms with E-state index in [1.54, 1.807) is 0 Å². The van der Waals surface area contributed by atoms with Gasteiger partial charge in [0.15, 0.2) is 0 Å². The Bertz CT molecular complexity index is 416. The summed E-state index contributed by atoms with van der Waals surface area (Å²) in [4.78, 5) is 2.68. The predicted octanol–water partition coefficient (Wildman–Crippen LogP) is 2.98. The van der Waals surface area contributed by atoms with Gasteiger partial charge in [-0.3, -0.25) is 4.90 Å². The molecule has 3 rings (SSSR count). The average molecular weight is 288 g/mol. The van der Waals surface area contributed by atoms with Crippen LogP contribution < -0.4 is 5.32 Å². The Morgan fingerprint density at radius 2 is 2.14 bits per heavy atom. The lowest BCUT2D eigenvalue weighted by Gasteiger charge is -2.40. The van der Waals surface area contributed by atoms with Gasteiger partial charge >= 0.3 is 0 Å². The highest BCUT2D eigenvalue weighted by Crippen LogP contribution is 2.23. The maximum absolute atomic E-state index is 5.78. The molecule has 116 valence electrons. The number of piperazine rings is 1. The molecule has 1 aromatic carbocycles. The van der Waals surface area contributed by atoms with Crippen LogP contribution in [0.4, 0.5) is 0 Å². The van der Waals surface area contributed by atoms with E-state index in [2.05, 4.69) is 47.5 Å². The number of ether oxygens (including phenoxy) is 1. The average Bonchev–Trinajstić information content (AvgIpc) is 3.07. The first kappa shape index (κ1) is 15.0. The van der Waals surface area contributed by atoms with Crippen molar-refractivity contribution in [3.63, 3.8) is 0 Å². The molecule has 3 unspecified atom stereocenters. The lowest BCUT2D eigenvalue weighted by Crippen LogP contribution is -2.52. The van der Waals surface area contributed by atoms with Crippen molar-refractivity contribution < 1.29 is 4.74 Å². The molecule has 2 aliphatic rings. The molecular formula is C18H28N2O. The molecule has 1 aromatic rings. The smallest absolute Gasteiger partial charge is 0.0588 e. The van der Waals surface area contributed by atoms with Gasteiger partial charge in [0.1, 0.15) is 0 Å². The van der Waals surface area contributed by atoms with Gasteiger partial charge in [0.25, 0.3) is 0 Å². The third-order valence-electron chi connectivity index (χ3n) is 4.97. The highest BCUT2D eigenvalue weighted by molar-refractivity contribution is 5.20. The van der Waals surface area contributed by atoms with Crippen LogP contribution in [-0.2, 0) is 4.74 Å². The Labute approximate surface area is 128 Å². The summed E-state index contributed by atoms with van der Waals surface area (Å²) in [5, 5.41) is 3.72. The van der Waals surface area contributed by atoms with Gasteiger partial charge in [-0.2, -0.15) is 0 Å². The van der Waals surface area contributed by atoms with Crippen molar-refractivity contribution in [3.8, 4) is 0 Å². The van der Waals surface area contributed by atoms with Gasteiger partial charge < -0.3 is 10.1 Å². The van der Waals surface area contributed by atoms with Crippen molar-refractivity contribution in [3.05, 3.63) is 35.9 Å². The standard InChI is InChI=1S/C18H28N2O/c1-2-16-13-19-18(15-7-4-3-5-8-15)14-20(16)11-10-17-9-6-12-21-17/h3-5,7-8,16-19H,2,6,9-14H2,1H3. The largest absolute Gasteiger partial charge is 0.378 e. The summed E-state index contributed by atoms with van der Waals surface area (Å²) in [6.07, 6.45) is 5.42. The summed E-state index contributed by atoms with van der Waals surface area (Å²) in [7, 11) is 0. The van der Waals surface area contributed by atoms with Crippen LogP contribution in [0, 0.1) is 0 Å². The van der Waals surface area contributed by atoms with Gasteiger partial charge in [0.05, 0.1) is 6.10 Å². The van der Waals surface area contributed by atoms with Crippen molar-refractivity contribution in [2.24, 2.45) is 0 Å². The molecule has 0 bridgehead atoms. The summed E-state index contributed by atoms with van der Waals surface area (Å²) in [5.74, 6) is 0. The topological polar surface area (TPSA) is 24.5 Å². The summed E-state index contributed by atoms with van der Waals surface area (Å²) >= 11 is 0. The number of nitrogens with zero attached hydrogens (tertiary/aromatic N) is 1. The highest BCUT2D eigenvalue weighted by Gasteiger charge is 2.28. The number of hydrogen-bond donors (Lipinski definition) is 1. The van der Waals surface area contributed by atoms with Gasteiger partial charge in [-0.1, -0.05) is 37.3 Å². The third kappa shape index (κ3) is 3.85. The van der Waals surface area contributed by atoms with E-state index >= 15 is 0 Å². The molecule has 3 atom stereocenters. The normalized spacial score (nSPS) is 30.6. The molecular weight excluding hydrogens is 260 g/mol. The number of benzene rings is 1. The van der Waals surface area contributed by atoms with E-state index in [1.165, 1.54) is 37.8 Å². The van der Waals surface area contributed by atoms with Crippen molar-refractivity contribution in [1.82, 2.24) is 10.2 Å². The zero-order chi connectivity index (χ0) is 14.5. The summed E-state index contributed by atoms with van der Waals surface area (Å²) < 4.78 is 5.78. The Morgan fingerprint density at radius 1 is 1.29 bits per heavy atom. The molecule has 0 saturated carbocycles. The lowest BCUT2D eigenvalue weighted by molar-refractivity contribution is 0.0698. The Kier molecular flexibility index (Phi) is 5.28. The van der Waals surface area contributed by atoms with Crippen LogP contribution in [-0.4, -0.2) is 43.3 Å². The summed E-state index contributed by atoms with van der Waals surface area (Å²) in [6, 6.07) is 12.0. The van der Waals surface area contributed by atoms with E-state index in [0.717, 1.165) is 19.7 Å². The van der Waals surface area contributed by atoms with E-state index in [1.807, 2.05) is 0 Å². The summed E-state index contributed by atoms with van der Waals surface area (Å²) in [6.45, 7) is 6.66. The first-order valence-electron chi connectivity index (χ1n) is 8.50. The van der Waals surface area contributed by atoms with Gasteiger partial charge in [-0.05, 0) is 31.2 Å². The van der Waals surface area contributed by atoms with E-state index < -0.39 is 0 Å². The fourth-order valence-corrected chi connectivity index (χ4v) is 3.62. The SMILES string of the molecule is CCC1CNC(c2ccccc2)CN1CCC1CCCO1. The van der Waals surface area contributed by atoms with Crippen molar-refractivity contribution in [2.75, 3.05) is 26.2 Å². The zero-order valence-electron chi connectivity index (χ0n) is 13.1. The van der Waals surface area contributed by atoms with Crippen LogP contribution in [0.1, 0.15) is 44.2 Å². The Balaban J connectivity index is 1.58. The first-order chi connectivity index (χ1) is 10.4. The van der Waals surface area contributed by atoms with Gasteiger partial charge in [-0.25, -0.2) is 0 Å². The number of rotatable bonds is 5. The summed E-state index contributed by atoms with van der Waals surface area (Å²) in [5.41, 5.74) is 1.41. The molecule has 0 aliphatic carbocycles. The minimum atomic E-state index is 0.471. The quantitative estimate of drug-likeness (QED) is 0.901. The molecule has 2 saturated heterocycles. The van der Waals surface area contributed by atoms with E-state index in [-0.39, 0.29) is 0 Å². The second-order valence-corrected chi connectivity index (χ2v) is 6.35. The second kappa shape index (κ2) is 7.39.